The largest absolute Gasteiger partial charge is 0.395 e. The van der Waals surface area contributed by atoms with Gasteiger partial charge in [0.15, 0.2) is 0 Å². The summed E-state index contributed by atoms with van der Waals surface area (Å²) in [6.45, 7) is 12.5. The minimum absolute atomic E-state index is 0.000386. The summed E-state index contributed by atoms with van der Waals surface area (Å²) in [6, 6.07) is -0.889. The summed E-state index contributed by atoms with van der Waals surface area (Å²) in [5.41, 5.74) is -1.58. The Bertz CT molecular complexity index is 767. The van der Waals surface area contributed by atoms with E-state index in [4.69, 9.17) is 4.74 Å². The Kier molecular flexibility index (Phi) is 7.05. The molecule has 0 radical (unpaired) electrons. The van der Waals surface area contributed by atoms with Gasteiger partial charge in [-0.15, -0.1) is 0 Å². The van der Waals surface area contributed by atoms with Crippen molar-refractivity contribution in [3.05, 3.63) is 0 Å². The summed E-state index contributed by atoms with van der Waals surface area (Å²) in [5.74, 6) is -2.18. The van der Waals surface area contributed by atoms with E-state index in [0.717, 1.165) is 12.8 Å². The van der Waals surface area contributed by atoms with Gasteiger partial charge in [0.2, 0.25) is 17.7 Å². The minimum atomic E-state index is -1.08. The number of nitrogens with one attached hydrogen (secondary N) is 2. The van der Waals surface area contributed by atoms with Gasteiger partial charge in [0.1, 0.15) is 11.6 Å². The predicted octanol–water partition coefficient (Wildman–Crippen LogP) is 1.58. The van der Waals surface area contributed by atoms with Gasteiger partial charge in [-0.3, -0.25) is 14.4 Å². The zero-order valence-electron chi connectivity index (χ0n) is 20.0. The summed E-state index contributed by atoms with van der Waals surface area (Å²) in [4.78, 5) is 41.5. The molecule has 3 fully saturated rings. The van der Waals surface area contributed by atoms with E-state index in [1.54, 1.807) is 0 Å². The Balaban J connectivity index is 1.95. The van der Waals surface area contributed by atoms with E-state index in [1.807, 2.05) is 20.8 Å². The third-order valence-corrected chi connectivity index (χ3v) is 7.51. The van der Waals surface area contributed by atoms with E-state index in [9.17, 15) is 19.5 Å². The Morgan fingerprint density at radius 1 is 1.25 bits per heavy atom. The van der Waals surface area contributed by atoms with Gasteiger partial charge in [-0.1, -0.05) is 43.6 Å². The number of nitrogens with zero attached hydrogens (tertiary/aromatic N) is 1. The number of hydrogen-bond acceptors (Lipinski definition) is 5. The number of likely N-dealkylation sites (tertiary alicyclic amines) is 1. The molecule has 3 aliphatic heterocycles. The maximum atomic E-state index is 13.7. The molecule has 0 aromatic carbocycles. The highest BCUT2D eigenvalue weighted by Gasteiger charge is 2.76. The predicted molar refractivity (Wildman–Crippen MR) is 124 cm³/mol. The lowest BCUT2D eigenvalue weighted by Gasteiger charge is -2.38. The third-order valence-electron chi connectivity index (χ3n) is 6.66. The van der Waals surface area contributed by atoms with Crippen molar-refractivity contribution in [2.45, 2.75) is 88.9 Å². The number of fused-ring (bicyclic) bond motifs is 1. The average molecular weight is 516 g/mol. The summed E-state index contributed by atoms with van der Waals surface area (Å²) >= 11 is 3.64. The lowest BCUT2D eigenvalue weighted by Crippen LogP contribution is -2.60. The van der Waals surface area contributed by atoms with Crippen molar-refractivity contribution in [1.82, 2.24) is 15.5 Å². The van der Waals surface area contributed by atoms with Gasteiger partial charge in [0.05, 0.1) is 24.5 Å². The molecular formula is C23H38BrN3O5. The molecule has 32 heavy (non-hydrogen) atoms. The van der Waals surface area contributed by atoms with Crippen LogP contribution in [0.2, 0.25) is 0 Å². The van der Waals surface area contributed by atoms with Gasteiger partial charge in [-0.05, 0) is 38.5 Å². The molecule has 9 heteroatoms. The fourth-order valence-electron chi connectivity index (χ4n) is 6.22. The monoisotopic (exact) mass is 515 g/mol. The van der Waals surface area contributed by atoms with Crippen molar-refractivity contribution in [1.29, 1.82) is 0 Å². The Labute approximate surface area is 199 Å². The number of ether oxygens (including phenoxy) is 1. The van der Waals surface area contributed by atoms with E-state index >= 15 is 0 Å². The van der Waals surface area contributed by atoms with Crippen LogP contribution in [0, 0.1) is 17.3 Å². The molecule has 3 saturated heterocycles. The number of β-amino-alcohol motifs (C(OH)–C–C–N with tert-alkyl or cyclic N) is 1. The molecule has 0 aromatic heterocycles. The molecule has 3 rings (SSSR count). The molecule has 0 saturated carbocycles. The van der Waals surface area contributed by atoms with Crippen molar-refractivity contribution in [2.75, 3.05) is 19.7 Å². The summed E-state index contributed by atoms with van der Waals surface area (Å²) < 4.78 is 6.39. The van der Waals surface area contributed by atoms with E-state index in [1.165, 1.54) is 4.90 Å². The zero-order chi connectivity index (χ0) is 24.1. The molecule has 8 nitrogen and oxygen atoms in total. The maximum absolute atomic E-state index is 13.7. The summed E-state index contributed by atoms with van der Waals surface area (Å²) in [6.07, 6.45) is 1.53. The molecule has 0 aliphatic carbocycles. The first-order valence-electron chi connectivity index (χ1n) is 11.6. The van der Waals surface area contributed by atoms with E-state index < -0.39 is 35.1 Å². The van der Waals surface area contributed by atoms with Gasteiger partial charge < -0.3 is 25.4 Å². The average Bonchev–Trinajstić information content (AvgIpc) is 3.21. The number of carbonyl (C=O) groups is 3. The van der Waals surface area contributed by atoms with Crippen LogP contribution < -0.4 is 10.6 Å². The molecular weight excluding hydrogens is 478 g/mol. The first-order chi connectivity index (χ1) is 14.8. The first kappa shape index (κ1) is 25.4. The smallest absolute Gasteiger partial charge is 0.246 e. The van der Waals surface area contributed by atoms with Crippen LogP contribution in [-0.2, 0) is 19.1 Å². The normalized spacial score (nSPS) is 34.1. The van der Waals surface area contributed by atoms with Crippen LogP contribution in [0.1, 0.15) is 60.8 Å². The SMILES string of the molecule is CCCNC(=O)[C@H]1[C@@H]2OC3(CC2Br)C(C(=O)NC(C)(C)CC(C)(C)C)N(CCO)C(=O)[C@H]13. The van der Waals surface area contributed by atoms with Gasteiger partial charge in [-0.2, -0.15) is 0 Å². The molecule has 3 aliphatic rings. The number of amides is 3. The van der Waals surface area contributed by atoms with Gasteiger partial charge in [0, 0.05) is 23.5 Å². The van der Waals surface area contributed by atoms with Gasteiger partial charge in [-0.25, -0.2) is 0 Å². The molecule has 3 amide bonds. The van der Waals surface area contributed by atoms with Crippen LogP contribution in [-0.4, -0.2) is 75.5 Å². The van der Waals surface area contributed by atoms with Crippen LogP contribution in [0.3, 0.4) is 0 Å². The van der Waals surface area contributed by atoms with Gasteiger partial charge >= 0.3 is 0 Å². The standard InChI is InChI=1S/C23H38BrN3O5/c1-7-8-25-18(29)14-15-20(31)27(9-10-28)17(23(15)11-13(24)16(14)32-23)19(30)26-22(5,6)12-21(2,3)4/h13-17,28H,7-12H2,1-6H3,(H,25,29)(H,26,30)/t13?,14-,15+,16-,17?,23?/m1/s1. The summed E-state index contributed by atoms with van der Waals surface area (Å²) in [5, 5.41) is 15.7. The number of hydrogen-bond donors (Lipinski definition) is 3. The molecule has 3 heterocycles. The van der Waals surface area contributed by atoms with Crippen LogP contribution in [0.5, 0.6) is 0 Å². The van der Waals surface area contributed by atoms with E-state index in [0.29, 0.717) is 13.0 Å². The zero-order valence-corrected chi connectivity index (χ0v) is 21.6. The Morgan fingerprint density at radius 3 is 2.47 bits per heavy atom. The molecule has 3 N–H and O–H groups in total. The lowest BCUT2D eigenvalue weighted by molar-refractivity contribution is -0.143. The first-order valence-corrected chi connectivity index (χ1v) is 12.5. The second-order valence-electron chi connectivity index (χ2n) is 11.3. The number of rotatable bonds is 8. The van der Waals surface area contributed by atoms with Crippen molar-refractivity contribution >= 4 is 33.7 Å². The quantitative estimate of drug-likeness (QED) is 0.425. The fourth-order valence-corrected chi connectivity index (χ4v) is 7.16. The second-order valence-corrected chi connectivity index (χ2v) is 12.5. The number of aliphatic hydroxyl groups is 1. The highest BCUT2D eigenvalue weighted by Crippen LogP contribution is 2.60. The van der Waals surface area contributed by atoms with Crippen LogP contribution in [0.25, 0.3) is 0 Å². The maximum Gasteiger partial charge on any atom is 0.246 e. The number of alkyl halides is 1. The number of halogens is 1. The molecule has 0 aromatic rings. The van der Waals surface area contributed by atoms with Crippen LogP contribution in [0.15, 0.2) is 0 Å². The topological polar surface area (TPSA) is 108 Å². The second kappa shape index (κ2) is 8.87. The molecule has 182 valence electrons. The van der Waals surface area contributed by atoms with Gasteiger partial charge in [0.25, 0.3) is 0 Å². The summed E-state index contributed by atoms with van der Waals surface area (Å²) in [7, 11) is 0. The van der Waals surface area contributed by atoms with E-state index in [-0.39, 0.29) is 41.1 Å². The lowest BCUT2D eigenvalue weighted by atomic mass is 9.70. The molecule has 6 atom stereocenters. The van der Waals surface area contributed by atoms with Crippen molar-refractivity contribution in [3.8, 4) is 0 Å². The van der Waals surface area contributed by atoms with E-state index in [2.05, 4.69) is 47.3 Å². The Hall–Kier alpha value is -1.19. The Morgan fingerprint density at radius 2 is 1.91 bits per heavy atom. The minimum Gasteiger partial charge on any atom is -0.395 e. The van der Waals surface area contributed by atoms with Crippen molar-refractivity contribution in [2.24, 2.45) is 17.3 Å². The third kappa shape index (κ3) is 4.44. The van der Waals surface area contributed by atoms with Crippen molar-refractivity contribution < 1.29 is 24.2 Å². The van der Waals surface area contributed by atoms with Crippen LogP contribution >= 0.6 is 15.9 Å². The number of carbonyl (C=O) groups excluding carboxylic acids is 3. The molecule has 2 bridgehead atoms. The fraction of sp³-hybridized carbons (Fsp3) is 0.870. The molecule has 1 spiro atoms. The van der Waals surface area contributed by atoms with Crippen molar-refractivity contribution in [3.63, 3.8) is 0 Å². The highest BCUT2D eigenvalue weighted by molar-refractivity contribution is 9.09. The highest BCUT2D eigenvalue weighted by atomic mass is 79.9. The molecule has 3 unspecified atom stereocenters. The van der Waals surface area contributed by atoms with Crippen LogP contribution in [0.4, 0.5) is 0 Å². The number of aliphatic hydroxyl groups excluding tert-OH is 1.